The van der Waals surface area contributed by atoms with Gasteiger partial charge in [-0.3, -0.25) is 0 Å². The number of nitrogens with zero attached hydrogens (tertiary/aromatic N) is 3. The SMILES string of the molecule is Cc1ccccc1Nc1nc(N)nc(COC(=O)C=Cc2ccc3c(c2)OCO3)n1. The van der Waals surface area contributed by atoms with E-state index < -0.39 is 5.97 Å². The van der Waals surface area contributed by atoms with E-state index in [4.69, 9.17) is 19.9 Å². The molecule has 1 aromatic heterocycles. The first-order valence-electron chi connectivity index (χ1n) is 9.14. The zero-order valence-corrected chi connectivity index (χ0v) is 16.2. The van der Waals surface area contributed by atoms with Crippen molar-refractivity contribution in [1.29, 1.82) is 0 Å². The lowest BCUT2D eigenvalue weighted by molar-refractivity contribution is -0.139. The number of anilines is 3. The molecule has 2 aromatic carbocycles. The summed E-state index contributed by atoms with van der Waals surface area (Å²) in [5.41, 5.74) is 8.41. The number of aryl methyl sites for hydroxylation is 1. The van der Waals surface area contributed by atoms with E-state index in [1.54, 1.807) is 18.2 Å². The van der Waals surface area contributed by atoms with Gasteiger partial charge in [-0.05, 0) is 42.3 Å². The lowest BCUT2D eigenvalue weighted by Crippen LogP contribution is -2.10. The van der Waals surface area contributed by atoms with Gasteiger partial charge >= 0.3 is 5.97 Å². The predicted molar refractivity (Wildman–Crippen MR) is 110 cm³/mol. The van der Waals surface area contributed by atoms with Crippen molar-refractivity contribution in [2.24, 2.45) is 0 Å². The Morgan fingerprint density at radius 2 is 2.00 bits per heavy atom. The van der Waals surface area contributed by atoms with Gasteiger partial charge < -0.3 is 25.3 Å². The molecule has 1 aliphatic rings. The van der Waals surface area contributed by atoms with Gasteiger partial charge in [-0.1, -0.05) is 24.3 Å². The Bertz CT molecular complexity index is 1120. The van der Waals surface area contributed by atoms with E-state index >= 15 is 0 Å². The normalized spacial score (nSPS) is 12.2. The molecule has 152 valence electrons. The van der Waals surface area contributed by atoms with Crippen LogP contribution < -0.4 is 20.5 Å². The second kappa shape index (κ2) is 8.48. The third-order valence-corrected chi connectivity index (χ3v) is 4.24. The highest BCUT2D eigenvalue weighted by atomic mass is 16.7. The van der Waals surface area contributed by atoms with Gasteiger partial charge in [-0.25, -0.2) is 4.79 Å². The van der Waals surface area contributed by atoms with Crippen molar-refractivity contribution in [1.82, 2.24) is 15.0 Å². The number of esters is 1. The van der Waals surface area contributed by atoms with Crippen LogP contribution in [0.1, 0.15) is 17.0 Å². The summed E-state index contributed by atoms with van der Waals surface area (Å²) >= 11 is 0. The molecule has 0 amide bonds. The van der Waals surface area contributed by atoms with Crippen LogP contribution in [0.15, 0.2) is 48.5 Å². The van der Waals surface area contributed by atoms with Gasteiger partial charge in [0, 0.05) is 11.8 Å². The maximum atomic E-state index is 12.0. The van der Waals surface area contributed by atoms with Crippen LogP contribution in [0.2, 0.25) is 0 Å². The largest absolute Gasteiger partial charge is 0.454 e. The van der Waals surface area contributed by atoms with Crippen LogP contribution in [0.5, 0.6) is 11.5 Å². The van der Waals surface area contributed by atoms with Crippen LogP contribution in [0.4, 0.5) is 17.6 Å². The van der Waals surface area contributed by atoms with Gasteiger partial charge in [0.25, 0.3) is 0 Å². The van der Waals surface area contributed by atoms with Crippen LogP contribution >= 0.6 is 0 Å². The molecule has 2 heterocycles. The molecule has 9 nitrogen and oxygen atoms in total. The summed E-state index contributed by atoms with van der Waals surface area (Å²) in [7, 11) is 0. The van der Waals surface area contributed by atoms with E-state index in [9.17, 15) is 4.79 Å². The highest BCUT2D eigenvalue weighted by Gasteiger charge is 2.12. The number of aromatic nitrogens is 3. The van der Waals surface area contributed by atoms with E-state index in [1.807, 2.05) is 37.3 Å². The van der Waals surface area contributed by atoms with E-state index in [0.717, 1.165) is 16.8 Å². The fraction of sp³-hybridized carbons (Fsp3) is 0.143. The topological polar surface area (TPSA) is 121 Å². The Labute approximate surface area is 172 Å². The molecule has 0 aliphatic carbocycles. The number of ether oxygens (including phenoxy) is 3. The summed E-state index contributed by atoms with van der Waals surface area (Å²) in [5.74, 6) is 1.32. The number of rotatable bonds is 6. The van der Waals surface area contributed by atoms with E-state index in [1.165, 1.54) is 6.08 Å². The Hall–Kier alpha value is -4.14. The zero-order chi connectivity index (χ0) is 20.9. The van der Waals surface area contributed by atoms with Crippen LogP contribution in [0, 0.1) is 6.92 Å². The number of benzene rings is 2. The number of hydrogen-bond donors (Lipinski definition) is 2. The van der Waals surface area contributed by atoms with E-state index in [0.29, 0.717) is 11.5 Å². The Kier molecular flexibility index (Phi) is 5.42. The van der Waals surface area contributed by atoms with Crippen LogP contribution in [-0.4, -0.2) is 27.7 Å². The van der Waals surface area contributed by atoms with Gasteiger partial charge in [0.2, 0.25) is 18.7 Å². The first-order chi connectivity index (χ1) is 14.6. The maximum Gasteiger partial charge on any atom is 0.331 e. The summed E-state index contributed by atoms with van der Waals surface area (Å²) in [6.07, 6.45) is 2.94. The minimum atomic E-state index is -0.542. The second-order valence-corrected chi connectivity index (χ2v) is 6.43. The standard InChI is InChI=1S/C21H19N5O4/c1-13-4-2-3-5-15(13)23-21-25-18(24-20(22)26-21)11-28-19(27)9-7-14-6-8-16-17(10-14)30-12-29-16/h2-10H,11-12H2,1H3,(H3,22,23,24,25,26). The smallest absolute Gasteiger partial charge is 0.331 e. The third kappa shape index (κ3) is 4.64. The summed E-state index contributed by atoms with van der Waals surface area (Å²) < 4.78 is 15.8. The maximum absolute atomic E-state index is 12.0. The molecule has 0 bridgehead atoms. The number of nitrogen functional groups attached to an aromatic ring is 1. The molecule has 0 radical (unpaired) electrons. The molecule has 3 aromatic rings. The van der Waals surface area contributed by atoms with Gasteiger partial charge in [-0.15, -0.1) is 0 Å². The molecular weight excluding hydrogens is 386 g/mol. The van der Waals surface area contributed by atoms with Crippen molar-refractivity contribution in [3.8, 4) is 11.5 Å². The number of nitrogens with one attached hydrogen (secondary N) is 1. The number of para-hydroxylation sites is 1. The average Bonchev–Trinajstić information content (AvgIpc) is 3.20. The molecule has 0 atom stereocenters. The van der Waals surface area contributed by atoms with E-state index in [-0.39, 0.29) is 31.1 Å². The summed E-state index contributed by atoms with van der Waals surface area (Å²) in [4.78, 5) is 24.4. The molecule has 0 spiro atoms. The molecule has 0 saturated heterocycles. The number of carbonyl (C=O) groups excluding carboxylic acids is 1. The average molecular weight is 405 g/mol. The van der Waals surface area contributed by atoms with Crippen molar-refractivity contribution >= 4 is 29.6 Å². The van der Waals surface area contributed by atoms with Crippen molar-refractivity contribution < 1.29 is 19.0 Å². The zero-order valence-electron chi connectivity index (χ0n) is 16.2. The van der Waals surface area contributed by atoms with E-state index in [2.05, 4.69) is 20.3 Å². The van der Waals surface area contributed by atoms with Crippen molar-refractivity contribution in [3.05, 3.63) is 65.5 Å². The fourth-order valence-corrected chi connectivity index (χ4v) is 2.76. The molecule has 0 saturated carbocycles. The number of carbonyl (C=O) groups is 1. The molecule has 3 N–H and O–H groups in total. The Morgan fingerprint density at radius 1 is 1.17 bits per heavy atom. The van der Waals surface area contributed by atoms with Crippen LogP contribution in [0.3, 0.4) is 0 Å². The molecule has 0 unspecified atom stereocenters. The van der Waals surface area contributed by atoms with Gasteiger partial charge in [0.05, 0.1) is 0 Å². The fourth-order valence-electron chi connectivity index (χ4n) is 2.76. The van der Waals surface area contributed by atoms with Crippen molar-refractivity contribution in [3.63, 3.8) is 0 Å². The Morgan fingerprint density at radius 3 is 2.87 bits per heavy atom. The van der Waals surface area contributed by atoms with Gasteiger partial charge in [0.15, 0.2) is 23.9 Å². The summed E-state index contributed by atoms with van der Waals surface area (Å²) in [6, 6.07) is 13.1. The monoisotopic (exact) mass is 405 g/mol. The summed E-state index contributed by atoms with van der Waals surface area (Å²) in [5, 5.41) is 3.09. The van der Waals surface area contributed by atoms with Crippen LogP contribution in [0.25, 0.3) is 6.08 Å². The number of hydrogen-bond acceptors (Lipinski definition) is 9. The first-order valence-corrected chi connectivity index (χ1v) is 9.14. The quantitative estimate of drug-likeness (QED) is 0.471. The van der Waals surface area contributed by atoms with Crippen molar-refractivity contribution in [2.75, 3.05) is 17.8 Å². The lowest BCUT2D eigenvalue weighted by atomic mass is 10.2. The summed E-state index contributed by atoms with van der Waals surface area (Å²) in [6.45, 7) is 2.02. The minimum Gasteiger partial charge on any atom is -0.454 e. The Balaban J connectivity index is 1.37. The highest BCUT2D eigenvalue weighted by molar-refractivity contribution is 5.87. The molecular formula is C21H19N5O4. The second-order valence-electron chi connectivity index (χ2n) is 6.43. The lowest BCUT2D eigenvalue weighted by Gasteiger charge is -2.09. The number of fused-ring (bicyclic) bond motifs is 1. The van der Waals surface area contributed by atoms with Gasteiger partial charge in [0.1, 0.15) is 0 Å². The number of nitrogens with two attached hydrogens (primary N) is 1. The van der Waals surface area contributed by atoms with Crippen LogP contribution in [-0.2, 0) is 16.1 Å². The third-order valence-electron chi connectivity index (χ3n) is 4.24. The molecule has 1 aliphatic heterocycles. The molecule has 4 rings (SSSR count). The molecule has 9 heteroatoms. The molecule has 30 heavy (non-hydrogen) atoms. The first kappa shape index (κ1) is 19.2. The van der Waals surface area contributed by atoms with Gasteiger partial charge in [-0.2, -0.15) is 15.0 Å². The highest BCUT2D eigenvalue weighted by Crippen LogP contribution is 2.32. The predicted octanol–water partition coefficient (Wildman–Crippen LogP) is 2.99. The minimum absolute atomic E-state index is 0.0306. The van der Waals surface area contributed by atoms with Crippen molar-refractivity contribution in [2.45, 2.75) is 13.5 Å². The molecule has 0 fully saturated rings.